The zero-order chi connectivity index (χ0) is 37.1. The van der Waals surface area contributed by atoms with Crippen LogP contribution in [0.2, 0.25) is 0 Å². The maximum absolute atomic E-state index is 13.2. The Bertz CT molecular complexity index is 1930. The molecule has 0 aliphatic heterocycles. The van der Waals surface area contributed by atoms with Crippen LogP contribution in [-0.4, -0.2) is 37.0 Å². The van der Waals surface area contributed by atoms with Crippen LogP contribution < -0.4 is 24.3 Å². The molecule has 0 radical (unpaired) electrons. The molecule has 1 unspecified atom stereocenters. The molecule has 0 fully saturated rings. The average Bonchev–Trinajstić information content (AvgIpc) is 3.12. The van der Waals surface area contributed by atoms with Crippen LogP contribution in [0.5, 0.6) is 23.0 Å². The normalized spacial score (nSPS) is 12.1. The van der Waals surface area contributed by atoms with Crippen molar-refractivity contribution in [2.45, 2.75) is 45.6 Å². The molecule has 11 nitrogen and oxygen atoms in total. The van der Waals surface area contributed by atoms with Crippen molar-refractivity contribution in [1.82, 2.24) is 5.32 Å². The number of benzene rings is 5. The Morgan fingerprint density at radius 3 is 1.44 bits per heavy atom. The van der Waals surface area contributed by atoms with E-state index in [0.29, 0.717) is 24.7 Å². The van der Waals surface area contributed by atoms with E-state index in [1.165, 1.54) is 42.5 Å². The van der Waals surface area contributed by atoms with E-state index in [9.17, 15) is 22.6 Å². The van der Waals surface area contributed by atoms with Crippen molar-refractivity contribution in [2.75, 3.05) is 6.54 Å². The zero-order valence-corrected chi connectivity index (χ0v) is 29.7. The molecule has 1 atom stereocenters. The van der Waals surface area contributed by atoms with E-state index in [-0.39, 0.29) is 34.7 Å². The molecule has 0 bridgehead atoms. The monoisotopic (exact) mass is 725 g/mol. The Labute approximate surface area is 303 Å². The maximum Gasteiger partial charge on any atom is 0.397 e. The van der Waals surface area contributed by atoms with Crippen molar-refractivity contribution in [3.8, 4) is 23.0 Å². The zero-order valence-electron chi connectivity index (χ0n) is 28.9. The number of carbonyl (C=O) groups is 2. The third kappa shape index (κ3) is 12.1. The molecule has 0 aliphatic carbocycles. The predicted molar refractivity (Wildman–Crippen MR) is 194 cm³/mol. The lowest BCUT2D eigenvalue weighted by Crippen LogP contribution is -2.39. The fraction of sp³-hybridized carbons (Fsp3) is 0.200. The Kier molecular flexibility index (Phi) is 12.4. The van der Waals surface area contributed by atoms with Gasteiger partial charge in [0.1, 0.15) is 42.3 Å². The van der Waals surface area contributed by atoms with Crippen LogP contribution >= 0.6 is 0 Å². The molecule has 0 aromatic heterocycles. The molecule has 52 heavy (non-hydrogen) atoms. The van der Waals surface area contributed by atoms with Gasteiger partial charge in [-0.25, -0.2) is 13.8 Å². The number of hydrogen-bond acceptors (Lipinski definition) is 10. The van der Waals surface area contributed by atoms with Gasteiger partial charge in [0.25, 0.3) is 0 Å². The van der Waals surface area contributed by atoms with Crippen molar-refractivity contribution >= 4 is 22.3 Å². The molecule has 5 rings (SSSR count). The molecule has 2 N–H and O–H groups in total. The minimum Gasteiger partial charge on any atom is -0.489 e. The largest absolute Gasteiger partial charge is 0.489 e. The third-order valence-electron chi connectivity index (χ3n) is 7.43. The van der Waals surface area contributed by atoms with Crippen molar-refractivity contribution in [1.29, 1.82) is 0 Å². The van der Waals surface area contributed by atoms with Crippen LogP contribution in [0, 0.1) is 0 Å². The van der Waals surface area contributed by atoms with E-state index in [1.807, 2.05) is 81.4 Å². The van der Waals surface area contributed by atoms with E-state index < -0.39 is 34.0 Å². The first-order valence-electron chi connectivity index (χ1n) is 16.3. The van der Waals surface area contributed by atoms with E-state index in [2.05, 4.69) is 5.32 Å². The molecule has 270 valence electrons. The summed E-state index contributed by atoms with van der Waals surface area (Å²) in [5, 5.41) is 3.13. The van der Waals surface area contributed by atoms with E-state index in [4.69, 9.17) is 23.1 Å². The number of hydrogen-bond donors (Lipinski definition) is 2. The van der Waals surface area contributed by atoms with Crippen LogP contribution in [0.3, 0.4) is 0 Å². The Morgan fingerprint density at radius 2 is 1.06 bits per heavy atom. The van der Waals surface area contributed by atoms with Gasteiger partial charge in [-0.05, 0) is 98.1 Å². The summed E-state index contributed by atoms with van der Waals surface area (Å²) in [6.07, 6.45) is -1.30. The summed E-state index contributed by atoms with van der Waals surface area (Å²) in [6, 6.07) is 36.0. The van der Waals surface area contributed by atoms with Crippen LogP contribution in [0.1, 0.15) is 64.3 Å². The van der Waals surface area contributed by atoms with Gasteiger partial charge < -0.3 is 24.3 Å². The molecule has 12 heteroatoms. The SMILES string of the molecule is CC(C)(C)NCC(OS(=O)(=O)O)c1cc(OC(=O)c2ccc(OCc3ccccc3)cc2)cc(OC(=O)c2ccc(OCc3ccccc3)cc2)c1. The van der Waals surface area contributed by atoms with Crippen LogP contribution in [0.4, 0.5) is 0 Å². The Morgan fingerprint density at radius 1 is 0.635 bits per heavy atom. The van der Waals surface area contributed by atoms with Gasteiger partial charge in [0.05, 0.1) is 11.1 Å². The fourth-order valence-electron chi connectivity index (χ4n) is 4.84. The molecule has 0 saturated heterocycles. The van der Waals surface area contributed by atoms with Crippen molar-refractivity contribution in [3.05, 3.63) is 155 Å². The molecule has 0 heterocycles. The summed E-state index contributed by atoms with van der Waals surface area (Å²) >= 11 is 0. The Hall–Kier alpha value is -5.53. The van der Waals surface area contributed by atoms with Gasteiger partial charge in [0.2, 0.25) is 0 Å². The molecule has 5 aromatic rings. The van der Waals surface area contributed by atoms with E-state index in [0.717, 1.165) is 11.1 Å². The van der Waals surface area contributed by atoms with Crippen LogP contribution in [-0.2, 0) is 27.8 Å². The second-order valence-corrected chi connectivity index (χ2v) is 13.8. The summed E-state index contributed by atoms with van der Waals surface area (Å²) in [5.74, 6) is -0.531. The standard InChI is InChI=1S/C40H39NO10S/c1-40(2,3)41-25-37(51-52(44,45)46)32-22-35(49-38(42)30-14-18-33(19-15-30)47-26-28-10-6-4-7-11-28)24-36(23-32)50-39(43)31-16-20-34(21-17-31)48-27-29-12-8-5-9-13-29/h4-24,37,41H,25-27H2,1-3H3,(H,44,45,46). The topological polar surface area (TPSA) is 147 Å². The number of rotatable bonds is 15. The van der Waals surface area contributed by atoms with E-state index >= 15 is 0 Å². The molecule has 5 aromatic carbocycles. The van der Waals surface area contributed by atoms with E-state index in [1.54, 1.807) is 24.3 Å². The van der Waals surface area contributed by atoms with Gasteiger partial charge in [-0.3, -0.25) is 4.55 Å². The minimum absolute atomic E-state index is 0.0703. The summed E-state index contributed by atoms with van der Waals surface area (Å²) in [6.45, 7) is 6.20. The van der Waals surface area contributed by atoms with Crippen LogP contribution in [0.15, 0.2) is 127 Å². The molecule has 0 saturated carbocycles. The average molecular weight is 726 g/mol. The van der Waals surface area contributed by atoms with Crippen molar-refractivity contribution in [3.63, 3.8) is 0 Å². The number of nitrogens with one attached hydrogen (secondary N) is 1. The quantitative estimate of drug-likeness (QED) is 0.0627. The molecule has 0 aliphatic rings. The summed E-state index contributed by atoms with van der Waals surface area (Å²) in [7, 11) is -4.93. The summed E-state index contributed by atoms with van der Waals surface area (Å²) < 4.78 is 61.2. The number of ether oxygens (including phenoxy) is 4. The second-order valence-electron chi connectivity index (χ2n) is 12.8. The van der Waals surface area contributed by atoms with Crippen molar-refractivity contribution < 1.29 is 45.7 Å². The van der Waals surface area contributed by atoms with Gasteiger partial charge in [-0.1, -0.05) is 60.7 Å². The number of esters is 2. The van der Waals surface area contributed by atoms with Crippen molar-refractivity contribution in [2.24, 2.45) is 0 Å². The first-order valence-corrected chi connectivity index (χ1v) is 17.7. The highest BCUT2D eigenvalue weighted by Crippen LogP contribution is 2.31. The summed E-state index contributed by atoms with van der Waals surface area (Å²) in [4.78, 5) is 26.5. The first-order chi connectivity index (χ1) is 24.8. The Balaban J connectivity index is 1.35. The highest BCUT2D eigenvalue weighted by atomic mass is 32.3. The van der Waals surface area contributed by atoms with Gasteiger partial charge in [-0.15, -0.1) is 0 Å². The molecular weight excluding hydrogens is 687 g/mol. The molecule has 0 spiro atoms. The smallest absolute Gasteiger partial charge is 0.397 e. The van der Waals surface area contributed by atoms with Gasteiger partial charge >= 0.3 is 22.3 Å². The number of carbonyl (C=O) groups excluding carboxylic acids is 2. The fourth-order valence-corrected chi connectivity index (χ4v) is 5.31. The minimum atomic E-state index is -4.93. The van der Waals surface area contributed by atoms with Gasteiger partial charge in [0.15, 0.2) is 0 Å². The van der Waals surface area contributed by atoms with Gasteiger partial charge in [-0.2, -0.15) is 8.42 Å². The second kappa shape index (κ2) is 17.1. The summed E-state index contributed by atoms with van der Waals surface area (Å²) in [5.41, 5.74) is 2.05. The third-order valence-corrected chi connectivity index (χ3v) is 7.90. The highest BCUT2D eigenvalue weighted by Gasteiger charge is 2.24. The first kappa shape index (κ1) is 37.7. The lowest BCUT2D eigenvalue weighted by atomic mass is 10.1. The predicted octanol–water partition coefficient (Wildman–Crippen LogP) is 7.53. The lowest BCUT2D eigenvalue weighted by Gasteiger charge is -2.25. The molecular formula is C40H39NO10S. The highest BCUT2D eigenvalue weighted by molar-refractivity contribution is 7.80. The molecule has 0 amide bonds. The van der Waals surface area contributed by atoms with Gasteiger partial charge in [0, 0.05) is 18.2 Å². The maximum atomic E-state index is 13.2. The lowest BCUT2D eigenvalue weighted by molar-refractivity contribution is 0.0730. The van der Waals surface area contributed by atoms with Crippen LogP contribution in [0.25, 0.3) is 0 Å².